The third kappa shape index (κ3) is 2.56. The Morgan fingerprint density at radius 3 is 1.83 bits per heavy atom. The molecule has 1 aromatic heterocycles. The molecule has 1 nitrogen and oxygen atoms in total. The molecular formula is C29H20O. The van der Waals surface area contributed by atoms with E-state index in [9.17, 15) is 0 Å². The molecule has 0 fully saturated rings. The predicted octanol–water partition coefficient (Wildman–Crippen LogP) is 8.38. The molecule has 1 heterocycles. The summed E-state index contributed by atoms with van der Waals surface area (Å²) in [7, 11) is 0. The van der Waals surface area contributed by atoms with Crippen LogP contribution in [0.2, 0.25) is 0 Å². The second-order valence-corrected chi connectivity index (χ2v) is 7.86. The van der Waals surface area contributed by atoms with E-state index < -0.39 is 0 Å². The lowest BCUT2D eigenvalue weighted by Gasteiger charge is -2.07. The Kier molecular flexibility index (Phi) is 3.75. The molecule has 0 amide bonds. The topological polar surface area (TPSA) is 13.1 Å². The molecule has 30 heavy (non-hydrogen) atoms. The minimum absolute atomic E-state index is 0.948. The normalized spacial score (nSPS) is 11.5. The monoisotopic (exact) mass is 384 g/mol. The third-order valence-electron chi connectivity index (χ3n) is 5.97. The number of furan rings is 1. The number of hydrogen-bond acceptors (Lipinski definition) is 1. The Labute approximate surface area is 175 Å². The lowest BCUT2D eigenvalue weighted by atomic mass is 9.96. The highest BCUT2D eigenvalue weighted by Gasteiger charge is 2.16. The quantitative estimate of drug-likeness (QED) is 0.292. The van der Waals surface area contributed by atoms with Crippen LogP contribution in [0, 0.1) is 6.92 Å². The highest BCUT2D eigenvalue weighted by atomic mass is 16.3. The van der Waals surface area contributed by atoms with E-state index in [0.717, 1.165) is 33.1 Å². The smallest absolute Gasteiger partial charge is 0.143 e. The molecule has 0 saturated heterocycles. The van der Waals surface area contributed by atoms with E-state index in [0.29, 0.717) is 0 Å². The minimum atomic E-state index is 0.948. The lowest BCUT2D eigenvalue weighted by Crippen LogP contribution is -1.82. The molecule has 0 aliphatic carbocycles. The fraction of sp³-hybridized carbons (Fsp3) is 0.0345. The van der Waals surface area contributed by atoms with E-state index in [1.165, 1.54) is 27.5 Å². The molecule has 0 N–H and O–H groups in total. The van der Waals surface area contributed by atoms with Crippen LogP contribution in [0.5, 0.6) is 0 Å². The van der Waals surface area contributed by atoms with E-state index >= 15 is 0 Å². The van der Waals surface area contributed by atoms with Gasteiger partial charge < -0.3 is 4.42 Å². The van der Waals surface area contributed by atoms with Gasteiger partial charge in [-0.15, -0.1) is 0 Å². The van der Waals surface area contributed by atoms with Gasteiger partial charge >= 0.3 is 0 Å². The van der Waals surface area contributed by atoms with Gasteiger partial charge in [-0.2, -0.15) is 0 Å². The van der Waals surface area contributed by atoms with Gasteiger partial charge in [-0.05, 0) is 28.8 Å². The SMILES string of the molecule is Cc1ccc(-c2cccc3c2oc2c(-c4cccc5ccccc45)cccc23)cc1. The van der Waals surface area contributed by atoms with Crippen LogP contribution < -0.4 is 0 Å². The molecule has 0 aliphatic rings. The number of aryl methyl sites for hydroxylation is 1. The van der Waals surface area contributed by atoms with Gasteiger partial charge in [0.05, 0.1) is 0 Å². The van der Waals surface area contributed by atoms with Crippen LogP contribution in [0.1, 0.15) is 5.56 Å². The minimum Gasteiger partial charge on any atom is -0.455 e. The zero-order valence-corrected chi connectivity index (χ0v) is 16.7. The van der Waals surface area contributed by atoms with Crippen molar-refractivity contribution < 1.29 is 4.42 Å². The van der Waals surface area contributed by atoms with Gasteiger partial charge in [0, 0.05) is 21.9 Å². The van der Waals surface area contributed by atoms with E-state index in [1.54, 1.807) is 0 Å². The standard InChI is InChI=1S/C29H20O/c1-19-15-17-21(18-16-19)23-10-5-13-26-27-14-6-12-25(29(27)30-28(23)26)24-11-4-8-20-7-2-3-9-22(20)24/h2-18H,1H3. The van der Waals surface area contributed by atoms with Gasteiger partial charge in [0.2, 0.25) is 0 Å². The molecule has 0 aliphatic heterocycles. The summed E-state index contributed by atoms with van der Waals surface area (Å²) >= 11 is 0. The maximum Gasteiger partial charge on any atom is 0.143 e. The largest absolute Gasteiger partial charge is 0.455 e. The second kappa shape index (κ2) is 6.60. The Balaban J connectivity index is 1.67. The number of rotatable bonds is 2. The molecule has 6 rings (SSSR count). The fourth-order valence-corrected chi connectivity index (χ4v) is 4.45. The van der Waals surface area contributed by atoms with Crippen molar-refractivity contribution in [2.45, 2.75) is 6.92 Å². The van der Waals surface area contributed by atoms with Crippen LogP contribution >= 0.6 is 0 Å². The molecule has 6 aromatic rings. The second-order valence-electron chi connectivity index (χ2n) is 7.86. The zero-order valence-electron chi connectivity index (χ0n) is 16.7. The molecular weight excluding hydrogens is 364 g/mol. The summed E-state index contributed by atoms with van der Waals surface area (Å²) < 4.78 is 6.60. The maximum absolute atomic E-state index is 6.60. The van der Waals surface area contributed by atoms with Crippen LogP contribution in [0.3, 0.4) is 0 Å². The fourth-order valence-electron chi connectivity index (χ4n) is 4.45. The summed E-state index contributed by atoms with van der Waals surface area (Å²) in [4.78, 5) is 0. The van der Waals surface area contributed by atoms with Crippen LogP contribution in [-0.2, 0) is 0 Å². The van der Waals surface area contributed by atoms with Crippen LogP contribution in [0.15, 0.2) is 108 Å². The molecule has 0 unspecified atom stereocenters. The molecule has 0 bridgehead atoms. The Morgan fingerprint density at radius 1 is 0.467 bits per heavy atom. The average Bonchev–Trinajstić information content (AvgIpc) is 3.18. The predicted molar refractivity (Wildman–Crippen MR) is 127 cm³/mol. The van der Waals surface area contributed by atoms with Crippen molar-refractivity contribution in [1.82, 2.24) is 0 Å². The van der Waals surface area contributed by atoms with Gasteiger partial charge in [0.25, 0.3) is 0 Å². The number of para-hydroxylation sites is 2. The van der Waals surface area contributed by atoms with E-state index in [2.05, 4.69) is 110 Å². The summed E-state index contributed by atoms with van der Waals surface area (Å²) in [6.07, 6.45) is 0. The summed E-state index contributed by atoms with van der Waals surface area (Å²) in [5.74, 6) is 0. The summed E-state index contributed by atoms with van der Waals surface area (Å²) in [6, 6.07) is 36.5. The summed E-state index contributed by atoms with van der Waals surface area (Å²) in [5, 5.41) is 4.80. The van der Waals surface area contributed by atoms with Gasteiger partial charge in [-0.1, -0.05) is 109 Å². The summed E-state index contributed by atoms with van der Waals surface area (Å²) in [6.45, 7) is 2.11. The van der Waals surface area contributed by atoms with Crippen molar-refractivity contribution in [2.75, 3.05) is 0 Å². The van der Waals surface area contributed by atoms with Crippen molar-refractivity contribution in [1.29, 1.82) is 0 Å². The average molecular weight is 384 g/mol. The van der Waals surface area contributed by atoms with Gasteiger partial charge in [-0.3, -0.25) is 0 Å². The first-order valence-electron chi connectivity index (χ1n) is 10.3. The third-order valence-corrected chi connectivity index (χ3v) is 5.97. The van der Waals surface area contributed by atoms with Crippen molar-refractivity contribution in [2.24, 2.45) is 0 Å². The van der Waals surface area contributed by atoms with Crippen LogP contribution in [0.4, 0.5) is 0 Å². The molecule has 142 valence electrons. The zero-order chi connectivity index (χ0) is 20.1. The first-order chi connectivity index (χ1) is 14.8. The van der Waals surface area contributed by atoms with E-state index in [1.807, 2.05) is 0 Å². The Hall–Kier alpha value is -3.84. The van der Waals surface area contributed by atoms with Crippen LogP contribution in [0.25, 0.3) is 55.0 Å². The molecule has 0 radical (unpaired) electrons. The first-order valence-corrected chi connectivity index (χ1v) is 10.3. The van der Waals surface area contributed by atoms with E-state index in [-0.39, 0.29) is 0 Å². The van der Waals surface area contributed by atoms with Crippen molar-refractivity contribution in [3.63, 3.8) is 0 Å². The van der Waals surface area contributed by atoms with E-state index in [4.69, 9.17) is 4.42 Å². The molecule has 0 spiro atoms. The van der Waals surface area contributed by atoms with Crippen molar-refractivity contribution in [3.8, 4) is 22.3 Å². The van der Waals surface area contributed by atoms with Gasteiger partial charge in [0.15, 0.2) is 0 Å². The van der Waals surface area contributed by atoms with Crippen LogP contribution in [-0.4, -0.2) is 0 Å². The van der Waals surface area contributed by atoms with Gasteiger partial charge in [-0.25, -0.2) is 0 Å². The van der Waals surface area contributed by atoms with Crippen molar-refractivity contribution >= 4 is 32.7 Å². The number of benzene rings is 5. The molecule has 1 heteroatoms. The number of fused-ring (bicyclic) bond motifs is 4. The summed E-state index contributed by atoms with van der Waals surface area (Å²) in [5.41, 5.74) is 7.80. The molecule has 5 aromatic carbocycles. The highest BCUT2D eigenvalue weighted by molar-refractivity contribution is 6.14. The number of hydrogen-bond donors (Lipinski definition) is 0. The molecule has 0 atom stereocenters. The Bertz CT molecular complexity index is 1530. The van der Waals surface area contributed by atoms with Gasteiger partial charge in [0.1, 0.15) is 11.2 Å². The van der Waals surface area contributed by atoms with Crippen molar-refractivity contribution in [3.05, 3.63) is 109 Å². The molecule has 0 saturated carbocycles. The first kappa shape index (κ1) is 17.1. The lowest BCUT2D eigenvalue weighted by molar-refractivity contribution is 0.671. The maximum atomic E-state index is 6.60. The highest BCUT2D eigenvalue weighted by Crippen LogP contribution is 2.41. The Morgan fingerprint density at radius 2 is 1.03 bits per heavy atom.